The van der Waals surface area contributed by atoms with E-state index in [-0.39, 0.29) is 12.0 Å². The Bertz CT molecular complexity index is 1010. The molecule has 1 aromatic carbocycles. The Balaban J connectivity index is 1.67. The topological polar surface area (TPSA) is 42.4 Å². The van der Waals surface area contributed by atoms with Crippen molar-refractivity contribution >= 4 is 17.7 Å². The molecule has 1 amide bonds. The zero-order valence-corrected chi connectivity index (χ0v) is 20.1. The normalized spacial score (nSPS) is 19.0. The molecule has 0 bridgehead atoms. The first-order valence-electron chi connectivity index (χ1n) is 12.0. The molecule has 2 aromatic rings. The van der Waals surface area contributed by atoms with Gasteiger partial charge in [0.15, 0.2) is 0 Å². The number of aryl methyl sites for hydroxylation is 1. The number of carbonyl (C=O) groups is 1. The number of aromatic nitrogens is 1. The standard InChI is InChI=1S/C28H36N2O2/c1-6-8-21-18-22-17-19(2)10-11-23(22)25(26-24(21)9-7-14-29-26)20-12-15-30(16-13-20)27(31)32-28(3,4)5/h7,9-11,14,17-18,20,25H,6,8,12-13,15-16H2,1-5H3. The summed E-state index contributed by atoms with van der Waals surface area (Å²) < 4.78 is 5.61. The van der Waals surface area contributed by atoms with Gasteiger partial charge in [0.25, 0.3) is 0 Å². The van der Waals surface area contributed by atoms with Crippen LogP contribution in [-0.2, 0) is 4.74 Å². The highest BCUT2D eigenvalue weighted by Gasteiger charge is 2.35. The van der Waals surface area contributed by atoms with Crippen molar-refractivity contribution in [2.45, 2.75) is 71.8 Å². The number of likely N-dealkylation sites (tertiary alicyclic amines) is 1. The summed E-state index contributed by atoms with van der Waals surface area (Å²) in [5.74, 6) is 0.686. The van der Waals surface area contributed by atoms with E-state index in [0.717, 1.165) is 38.8 Å². The van der Waals surface area contributed by atoms with Gasteiger partial charge < -0.3 is 9.64 Å². The van der Waals surface area contributed by atoms with Crippen LogP contribution in [0.3, 0.4) is 0 Å². The zero-order valence-electron chi connectivity index (χ0n) is 20.1. The van der Waals surface area contributed by atoms with Crippen LogP contribution in [0.2, 0.25) is 0 Å². The van der Waals surface area contributed by atoms with Crippen molar-refractivity contribution in [3.8, 4) is 0 Å². The average Bonchev–Trinajstić information content (AvgIpc) is 2.87. The second-order valence-electron chi connectivity index (χ2n) is 10.3. The summed E-state index contributed by atoms with van der Waals surface area (Å²) in [5, 5.41) is 0. The molecule has 0 saturated carbocycles. The lowest BCUT2D eigenvalue weighted by Gasteiger charge is -2.37. The number of benzene rings is 1. The molecule has 2 heterocycles. The lowest BCUT2D eigenvalue weighted by molar-refractivity contribution is 0.0178. The number of amides is 1. The quantitative estimate of drug-likeness (QED) is 0.534. The van der Waals surface area contributed by atoms with Crippen LogP contribution in [0.4, 0.5) is 4.79 Å². The fourth-order valence-electron chi connectivity index (χ4n) is 5.15. The Morgan fingerprint density at radius 2 is 1.94 bits per heavy atom. The summed E-state index contributed by atoms with van der Waals surface area (Å²) in [5.41, 5.74) is 7.40. The molecule has 170 valence electrons. The van der Waals surface area contributed by atoms with E-state index in [4.69, 9.17) is 9.72 Å². The van der Waals surface area contributed by atoms with Crippen molar-refractivity contribution in [1.82, 2.24) is 9.88 Å². The van der Waals surface area contributed by atoms with Crippen molar-refractivity contribution in [2.75, 3.05) is 13.1 Å². The third kappa shape index (κ3) is 4.74. The highest BCUT2D eigenvalue weighted by Crippen LogP contribution is 2.45. The Morgan fingerprint density at radius 3 is 2.62 bits per heavy atom. The van der Waals surface area contributed by atoms with Crippen molar-refractivity contribution < 1.29 is 9.53 Å². The number of ether oxygens (including phenoxy) is 1. The minimum atomic E-state index is -0.462. The van der Waals surface area contributed by atoms with E-state index in [2.05, 4.69) is 50.3 Å². The number of hydrogen-bond acceptors (Lipinski definition) is 3. The number of allylic oxidation sites excluding steroid dienone is 1. The highest BCUT2D eigenvalue weighted by molar-refractivity contribution is 5.85. The average molecular weight is 433 g/mol. The van der Waals surface area contributed by atoms with Crippen molar-refractivity contribution in [3.05, 3.63) is 64.5 Å². The van der Waals surface area contributed by atoms with Gasteiger partial charge in [-0.2, -0.15) is 0 Å². The highest BCUT2D eigenvalue weighted by atomic mass is 16.6. The van der Waals surface area contributed by atoms with Gasteiger partial charge >= 0.3 is 6.09 Å². The third-order valence-electron chi connectivity index (χ3n) is 6.57. The molecule has 0 radical (unpaired) electrons. The number of pyridine rings is 1. The van der Waals surface area contributed by atoms with Crippen LogP contribution in [0.5, 0.6) is 0 Å². The van der Waals surface area contributed by atoms with Crippen LogP contribution >= 0.6 is 0 Å². The first-order valence-corrected chi connectivity index (χ1v) is 12.0. The predicted octanol–water partition coefficient (Wildman–Crippen LogP) is 6.82. The van der Waals surface area contributed by atoms with Crippen LogP contribution in [-0.4, -0.2) is 34.7 Å². The number of rotatable bonds is 3. The molecule has 0 N–H and O–H groups in total. The Hall–Kier alpha value is -2.62. The molecule has 2 aliphatic rings. The fraction of sp³-hybridized carbons (Fsp3) is 0.500. The van der Waals surface area contributed by atoms with Gasteiger partial charge in [-0.05, 0) is 81.2 Å². The predicted molar refractivity (Wildman–Crippen MR) is 131 cm³/mol. The smallest absolute Gasteiger partial charge is 0.410 e. The molecule has 1 unspecified atom stereocenters. The lowest BCUT2D eigenvalue weighted by atomic mass is 9.76. The maximum absolute atomic E-state index is 12.6. The minimum absolute atomic E-state index is 0.196. The summed E-state index contributed by atoms with van der Waals surface area (Å²) >= 11 is 0. The third-order valence-corrected chi connectivity index (χ3v) is 6.57. The molecule has 1 aliphatic heterocycles. The van der Waals surface area contributed by atoms with E-state index in [1.165, 1.54) is 33.5 Å². The van der Waals surface area contributed by atoms with Gasteiger partial charge in [-0.3, -0.25) is 4.98 Å². The first-order chi connectivity index (χ1) is 15.3. The number of nitrogens with zero attached hydrogens (tertiary/aromatic N) is 2. The molecule has 32 heavy (non-hydrogen) atoms. The lowest BCUT2D eigenvalue weighted by Crippen LogP contribution is -2.42. The minimum Gasteiger partial charge on any atom is -0.444 e. The Morgan fingerprint density at radius 1 is 1.19 bits per heavy atom. The molecule has 4 rings (SSSR count). The van der Waals surface area contributed by atoms with E-state index in [1.807, 2.05) is 31.9 Å². The van der Waals surface area contributed by atoms with Gasteiger partial charge in [0.1, 0.15) is 5.60 Å². The van der Waals surface area contributed by atoms with Gasteiger partial charge in [0.2, 0.25) is 0 Å². The molecule has 1 fully saturated rings. The zero-order chi connectivity index (χ0) is 22.9. The van der Waals surface area contributed by atoms with Crippen LogP contribution in [0.1, 0.15) is 87.2 Å². The largest absolute Gasteiger partial charge is 0.444 e. The number of carbonyl (C=O) groups excluding carboxylic acids is 1. The second kappa shape index (κ2) is 9.09. The summed E-state index contributed by atoms with van der Waals surface area (Å²) in [6.07, 6.45) is 8.20. The van der Waals surface area contributed by atoms with E-state index < -0.39 is 5.60 Å². The number of fused-ring (bicyclic) bond motifs is 2. The van der Waals surface area contributed by atoms with Crippen molar-refractivity contribution in [3.63, 3.8) is 0 Å². The van der Waals surface area contributed by atoms with Crippen molar-refractivity contribution in [1.29, 1.82) is 0 Å². The van der Waals surface area contributed by atoms with Gasteiger partial charge in [-0.15, -0.1) is 0 Å². The SMILES string of the molecule is CCCC1=Cc2cc(C)ccc2C(C2CCN(C(=O)OC(C)(C)C)CC2)c2ncccc21. The van der Waals surface area contributed by atoms with E-state index in [0.29, 0.717) is 5.92 Å². The van der Waals surface area contributed by atoms with Gasteiger partial charge in [0, 0.05) is 25.2 Å². The van der Waals surface area contributed by atoms with Crippen LogP contribution in [0, 0.1) is 12.8 Å². The molecule has 0 spiro atoms. The Kier molecular flexibility index (Phi) is 6.41. The summed E-state index contributed by atoms with van der Waals surface area (Å²) in [4.78, 5) is 19.4. The van der Waals surface area contributed by atoms with E-state index in [9.17, 15) is 4.79 Å². The Labute approximate surface area is 192 Å². The number of piperidine rings is 1. The fourth-order valence-corrected chi connectivity index (χ4v) is 5.15. The van der Waals surface area contributed by atoms with Crippen LogP contribution in [0.15, 0.2) is 36.5 Å². The summed E-state index contributed by atoms with van der Waals surface area (Å²) in [6.45, 7) is 11.6. The number of hydrogen-bond donors (Lipinski definition) is 0. The maximum Gasteiger partial charge on any atom is 0.410 e. The molecule has 4 nitrogen and oxygen atoms in total. The molecule has 1 aromatic heterocycles. The molecule has 1 aliphatic carbocycles. The van der Waals surface area contributed by atoms with Crippen LogP contribution < -0.4 is 0 Å². The molecular weight excluding hydrogens is 396 g/mol. The monoisotopic (exact) mass is 432 g/mol. The summed E-state index contributed by atoms with van der Waals surface area (Å²) in [7, 11) is 0. The molecule has 1 saturated heterocycles. The first kappa shape index (κ1) is 22.6. The van der Waals surface area contributed by atoms with E-state index in [1.54, 1.807) is 0 Å². The van der Waals surface area contributed by atoms with Crippen molar-refractivity contribution in [2.24, 2.45) is 5.92 Å². The van der Waals surface area contributed by atoms with Gasteiger partial charge in [0.05, 0.1) is 5.69 Å². The van der Waals surface area contributed by atoms with Crippen LogP contribution in [0.25, 0.3) is 11.6 Å². The maximum atomic E-state index is 12.6. The second-order valence-corrected chi connectivity index (χ2v) is 10.3. The van der Waals surface area contributed by atoms with E-state index >= 15 is 0 Å². The molecule has 1 atom stereocenters. The molecule has 4 heteroatoms. The summed E-state index contributed by atoms with van der Waals surface area (Å²) in [6, 6.07) is 11.2. The van der Waals surface area contributed by atoms with Gasteiger partial charge in [-0.1, -0.05) is 49.2 Å². The molecular formula is C28H36N2O2. The van der Waals surface area contributed by atoms with Gasteiger partial charge in [-0.25, -0.2) is 4.79 Å².